The second-order valence-electron chi connectivity index (χ2n) is 6.37. The number of amides is 2. The van der Waals surface area contributed by atoms with Gasteiger partial charge in [-0.15, -0.1) is 11.3 Å². The molecular weight excluding hydrogens is 304 g/mol. The molecule has 0 spiro atoms. The van der Waals surface area contributed by atoms with Gasteiger partial charge in [0.15, 0.2) is 0 Å². The SMILES string of the molecule is CC(C)C[C@H](NC(=O)OC(C)(C)C)c1nc(C(=O)NN)cs1. The number of carbonyl (C=O) groups is 2. The van der Waals surface area contributed by atoms with E-state index in [0.717, 1.165) is 0 Å². The number of ether oxygens (including phenoxy) is 1. The Morgan fingerprint density at radius 3 is 2.55 bits per heavy atom. The van der Waals surface area contributed by atoms with E-state index in [1.54, 1.807) is 26.2 Å². The molecule has 1 aromatic heterocycles. The molecule has 0 unspecified atom stereocenters. The predicted octanol–water partition coefficient (Wildman–Crippen LogP) is 2.36. The zero-order chi connectivity index (χ0) is 16.9. The first-order valence-electron chi connectivity index (χ1n) is 7.08. The first-order chi connectivity index (χ1) is 10.1. The van der Waals surface area contributed by atoms with E-state index >= 15 is 0 Å². The van der Waals surface area contributed by atoms with E-state index in [4.69, 9.17) is 10.6 Å². The topological polar surface area (TPSA) is 106 Å². The Morgan fingerprint density at radius 2 is 2.05 bits per heavy atom. The lowest BCUT2D eigenvalue weighted by molar-refractivity contribution is 0.0497. The van der Waals surface area contributed by atoms with E-state index in [1.807, 2.05) is 19.3 Å². The minimum absolute atomic E-state index is 0.238. The van der Waals surface area contributed by atoms with E-state index in [9.17, 15) is 9.59 Å². The lowest BCUT2D eigenvalue weighted by Crippen LogP contribution is -2.35. The summed E-state index contributed by atoms with van der Waals surface area (Å²) in [4.78, 5) is 27.7. The average Bonchev–Trinajstić information content (AvgIpc) is 2.83. The Hall–Kier alpha value is -1.67. The fraction of sp³-hybridized carbons (Fsp3) is 0.643. The average molecular weight is 328 g/mol. The molecule has 1 heterocycles. The summed E-state index contributed by atoms with van der Waals surface area (Å²) >= 11 is 1.31. The predicted molar refractivity (Wildman–Crippen MR) is 85.3 cm³/mol. The highest BCUT2D eigenvalue weighted by molar-refractivity contribution is 7.09. The summed E-state index contributed by atoms with van der Waals surface area (Å²) in [5, 5.41) is 5.08. The van der Waals surface area contributed by atoms with Gasteiger partial charge in [-0.2, -0.15) is 0 Å². The summed E-state index contributed by atoms with van der Waals surface area (Å²) in [6.07, 6.45) is 0.189. The molecule has 0 saturated heterocycles. The van der Waals surface area contributed by atoms with Crippen LogP contribution in [0.15, 0.2) is 5.38 Å². The zero-order valence-corrected chi connectivity index (χ0v) is 14.4. The lowest BCUT2D eigenvalue weighted by atomic mass is 10.0. The summed E-state index contributed by atoms with van der Waals surface area (Å²) in [7, 11) is 0. The van der Waals surface area contributed by atoms with Gasteiger partial charge in [0.2, 0.25) is 0 Å². The van der Waals surface area contributed by atoms with Gasteiger partial charge < -0.3 is 10.1 Å². The Morgan fingerprint density at radius 1 is 1.41 bits per heavy atom. The minimum atomic E-state index is -0.570. The highest BCUT2D eigenvalue weighted by atomic mass is 32.1. The summed E-state index contributed by atoms with van der Waals surface area (Å²) in [5.41, 5.74) is 1.71. The van der Waals surface area contributed by atoms with Gasteiger partial charge in [0.25, 0.3) is 5.91 Å². The van der Waals surface area contributed by atoms with Crippen LogP contribution in [-0.2, 0) is 4.74 Å². The molecule has 8 heteroatoms. The van der Waals surface area contributed by atoms with Gasteiger partial charge in [-0.1, -0.05) is 13.8 Å². The molecule has 1 rings (SSSR count). The Balaban J connectivity index is 2.86. The van der Waals surface area contributed by atoms with Gasteiger partial charge >= 0.3 is 6.09 Å². The highest BCUT2D eigenvalue weighted by Gasteiger charge is 2.24. The van der Waals surface area contributed by atoms with E-state index < -0.39 is 17.6 Å². The molecule has 0 saturated carbocycles. The molecule has 0 radical (unpaired) electrons. The largest absolute Gasteiger partial charge is 0.444 e. The molecular formula is C14H24N4O3S. The molecule has 7 nitrogen and oxygen atoms in total. The van der Waals surface area contributed by atoms with Crippen LogP contribution in [0.1, 0.15) is 62.6 Å². The molecule has 0 aliphatic carbocycles. The van der Waals surface area contributed by atoms with Crippen molar-refractivity contribution in [3.63, 3.8) is 0 Å². The molecule has 0 aromatic carbocycles. The number of aromatic nitrogens is 1. The Labute approximate surface area is 134 Å². The van der Waals surface area contributed by atoms with Crippen LogP contribution < -0.4 is 16.6 Å². The fourth-order valence-electron chi connectivity index (χ4n) is 1.77. The number of carbonyl (C=O) groups excluding carboxylic acids is 2. The van der Waals surface area contributed by atoms with Gasteiger partial charge in [-0.25, -0.2) is 15.6 Å². The minimum Gasteiger partial charge on any atom is -0.444 e. The monoisotopic (exact) mass is 328 g/mol. The summed E-state index contributed by atoms with van der Waals surface area (Å²) in [6, 6.07) is -0.306. The van der Waals surface area contributed by atoms with E-state index in [0.29, 0.717) is 17.3 Å². The van der Waals surface area contributed by atoms with Crippen molar-refractivity contribution >= 4 is 23.3 Å². The van der Waals surface area contributed by atoms with Crippen molar-refractivity contribution in [2.75, 3.05) is 0 Å². The maximum atomic E-state index is 12.0. The number of alkyl carbamates (subject to hydrolysis) is 1. The smallest absolute Gasteiger partial charge is 0.408 e. The van der Waals surface area contributed by atoms with E-state index in [1.165, 1.54) is 11.3 Å². The van der Waals surface area contributed by atoms with Crippen molar-refractivity contribution in [2.24, 2.45) is 11.8 Å². The first kappa shape index (κ1) is 18.4. The number of hydrogen-bond acceptors (Lipinski definition) is 6. The van der Waals surface area contributed by atoms with Crippen molar-refractivity contribution in [3.8, 4) is 0 Å². The fourth-order valence-corrected chi connectivity index (χ4v) is 2.63. The molecule has 124 valence electrons. The molecule has 1 aromatic rings. The van der Waals surface area contributed by atoms with Crippen LogP contribution in [0.3, 0.4) is 0 Å². The van der Waals surface area contributed by atoms with Crippen molar-refractivity contribution in [1.29, 1.82) is 0 Å². The maximum Gasteiger partial charge on any atom is 0.408 e. The van der Waals surface area contributed by atoms with Crippen LogP contribution in [-0.4, -0.2) is 22.6 Å². The van der Waals surface area contributed by atoms with E-state index in [-0.39, 0.29) is 11.7 Å². The van der Waals surface area contributed by atoms with Gasteiger partial charge in [-0.3, -0.25) is 10.2 Å². The summed E-state index contributed by atoms with van der Waals surface area (Å²) in [5.74, 6) is 4.98. The quantitative estimate of drug-likeness (QED) is 0.437. The summed E-state index contributed by atoms with van der Waals surface area (Å²) in [6.45, 7) is 9.50. The number of nitrogen functional groups attached to an aromatic ring is 1. The number of hydrogen-bond donors (Lipinski definition) is 3. The molecule has 0 bridgehead atoms. The molecule has 2 amide bonds. The number of rotatable bonds is 5. The Bertz CT molecular complexity index is 522. The molecule has 0 aliphatic rings. The lowest BCUT2D eigenvalue weighted by Gasteiger charge is -2.23. The van der Waals surface area contributed by atoms with Gasteiger partial charge in [0.1, 0.15) is 16.3 Å². The second-order valence-corrected chi connectivity index (χ2v) is 7.26. The highest BCUT2D eigenvalue weighted by Crippen LogP contribution is 2.25. The third kappa shape index (κ3) is 5.98. The number of nitrogens with zero attached hydrogens (tertiary/aromatic N) is 1. The number of nitrogens with two attached hydrogens (primary N) is 1. The molecule has 0 aliphatic heterocycles. The zero-order valence-electron chi connectivity index (χ0n) is 13.6. The summed E-state index contributed by atoms with van der Waals surface area (Å²) < 4.78 is 5.27. The van der Waals surface area contributed by atoms with Gasteiger partial charge in [-0.05, 0) is 33.1 Å². The van der Waals surface area contributed by atoms with Crippen LogP contribution in [0.2, 0.25) is 0 Å². The van der Waals surface area contributed by atoms with Gasteiger partial charge in [0.05, 0.1) is 6.04 Å². The third-order valence-corrected chi connectivity index (χ3v) is 3.54. The van der Waals surface area contributed by atoms with Crippen molar-refractivity contribution in [1.82, 2.24) is 15.7 Å². The van der Waals surface area contributed by atoms with Crippen molar-refractivity contribution in [3.05, 3.63) is 16.1 Å². The Kier molecular flexibility index (Phi) is 6.31. The standard InChI is InChI=1S/C14H24N4O3S/c1-8(2)6-9(17-13(20)21-14(3,4)5)12-16-10(7-22-12)11(19)18-15/h7-9H,6,15H2,1-5H3,(H,17,20)(H,18,19)/t9-/m0/s1. The van der Waals surface area contributed by atoms with Crippen LogP contribution in [0.4, 0.5) is 4.79 Å². The number of nitrogens with one attached hydrogen (secondary N) is 2. The van der Waals surface area contributed by atoms with Crippen molar-refractivity contribution in [2.45, 2.75) is 52.7 Å². The van der Waals surface area contributed by atoms with Crippen LogP contribution in [0.25, 0.3) is 0 Å². The first-order valence-corrected chi connectivity index (χ1v) is 7.96. The second kappa shape index (κ2) is 7.55. The number of hydrazine groups is 1. The maximum absolute atomic E-state index is 12.0. The molecule has 1 atom stereocenters. The van der Waals surface area contributed by atoms with Crippen LogP contribution >= 0.6 is 11.3 Å². The molecule has 4 N–H and O–H groups in total. The molecule has 0 fully saturated rings. The number of thiazole rings is 1. The normalized spacial score (nSPS) is 12.9. The van der Waals surface area contributed by atoms with Gasteiger partial charge in [0, 0.05) is 5.38 Å². The third-order valence-electron chi connectivity index (χ3n) is 2.58. The van der Waals surface area contributed by atoms with Crippen molar-refractivity contribution < 1.29 is 14.3 Å². The molecule has 22 heavy (non-hydrogen) atoms. The van der Waals surface area contributed by atoms with E-state index in [2.05, 4.69) is 10.3 Å². The van der Waals surface area contributed by atoms with Crippen LogP contribution in [0, 0.1) is 5.92 Å². The van der Waals surface area contributed by atoms with Crippen LogP contribution in [0.5, 0.6) is 0 Å².